The van der Waals surface area contributed by atoms with Crippen LogP contribution in [0.1, 0.15) is 68.6 Å². The van der Waals surface area contributed by atoms with Crippen LogP contribution >= 0.6 is 0 Å². The molecule has 118 valence electrons. The maximum absolute atomic E-state index is 3.85. The van der Waals surface area contributed by atoms with Gasteiger partial charge in [-0.2, -0.15) is 0 Å². The van der Waals surface area contributed by atoms with Crippen LogP contribution in [0, 0.1) is 19.8 Å². The van der Waals surface area contributed by atoms with Gasteiger partial charge in [-0.3, -0.25) is 0 Å². The van der Waals surface area contributed by atoms with Crippen molar-refractivity contribution in [2.45, 2.75) is 78.2 Å². The van der Waals surface area contributed by atoms with E-state index in [9.17, 15) is 0 Å². The van der Waals surface area contributed by atoms with Gasteiger partial charge in [0.2, 0.25) is 0 Å². The second-order valence-electron chi connectivity index (χ2n) is 7.01. The number of nitrogens with one attached hydrogen (secondary N) is 1. The van der Waals surface area contributed by atoms with Crippen LogP contribution in [0.4, 0.5) is 0 Å². The maximum Gasteiger partial charge on any atom is 0.0136 e. The Bertz CT molecular complexity index is 396. The fourth-order valence-corrected chi connectivity index (χ4v) is 3.89. The first kappa shape index (κ1) is 16.5. The molecule has 0 radical (unpaired) electrons. The predicted molar refractivity (Wildman–Crippen MR) is 92.9 cm³/mol. The third-order valence-electron chi connectivity index (χ3n) is 4.86. The molecule has 1 atom stereocenters. The summed E-state index contributed by atoms with van der Waals surface area (Å²) in [6.07, 6.45) is 11.0. The molecule has 2 rings (SSSR count). The fraction of sp³-hybridized carbons (Fsp3) is 0.700. The molecule has 0 heterocycles. The quantitative estimate of drug-likeness (QED) is 0.710. The summed E-state index contributed by atoms with van der Waals surface area (Å²) >= 11 is 0. The summed E-state index contributed by atoms with van der Waals surface area (Å²) < 4.78 is 0. The van der Waals surface area contributed by atoms with Gasteiger partial charge in [-0.15, -0.1) is 0 Å². The van der Waals surface area contributed by atoms with Crippen LogP contribution < -0.4 is 5.32 Å². The van der Waals surface area contributed by atoms with Crippen molar-refractivity contribution in [3.8, 4) is 0 Å². The highest BCUT2D eigenvalue weighted by Crippen LogP contribution is 2.27. The van der Waals surface area contributed by atoms with E-state index in [1.165, 1.54) is 68.1 Å². The summed E-state index contributed by atoms with van der Waals surface area (Å²) in [5, 5.41) is 3.85. The largest absolute Gasteiger partial charge is 0.313 e. The van der Waals surface area contributed by atoms with E-state index in [1.54, 1.807) is 0 Å². The maximum atomic E-state index is 3.85. The van der Waals surface area contributed by atoms with E-state index >= 15 is 0 Å². The van der Waals surface area contributed by atoms with Crippen LogP contribution in [-0.4, -0.2) is 12.6 Å². The number of rotatable bonds is 6. The lowest BCUT2D eigenvalue weighted by molar-refractivity contribution is 0.317. The average Bonchev–Trinajstić information content (AvgIpc) is 2.71. The Morgan fingerprint density at radius 2 is 1.62 bits per heavy atom. The molecule has 21 heavy (non-hydrogen) atoms. The lowest BCUT2D eigenvalue weighted by atomic mass is 9.87. The summed E-state index contributed by atoms with van der Waals surface area (Å²) in [4.78, 5) is 0. The van der Waals surface area contributed by atoms with E-state index in [-0.39, 0.29) is 0 Å². The van der Waals surface area contributed by atoms with E-state index < -0.39 is 0 Å². The Morgan fingerprint density at radius 3 is 2.19 bits per heavy atom. The third-order valence-corrected chi connectivity index (χ3v) is 4.86. The topological polar surface area (TPSA) is 12.0 Å². The number of aryl methyl sites for hydroxylation is 2. The minimum Gasteiger partial charge on any atom is -0.313 e. The monoisotopic (exact) mass is 287 g/mol. The molecule has 1 aliphatic carbocycles. The van der Waals surface area contributed by atoms with Gasteiger partial charge in [-0.1, -0.05) is 61.9 Å². The highest BCUT2D eigenvalue weighted by Gasteiger charge is 2.22. The molecule has 0 aliphatic heterocycles. The van der Waals surface area contributed by atoms with Crippen LogP contribution in [0.2, 0.25) is 0 Å². The number of hydrogen-bond acceptors (Lipinski definition) is 1. The average molecular weight is 287 g/mol. The molecule has 1 fully saturated rings. The molecule has 0 aromatic heterocycles. The van der Waals surface area contributed by atoms with Crippen LogP contribution in [0.5, 0.6) is 0 Å². The Hall–Kier alpha value is -0.820. The molecule has 1 aromatic rings. The van der Waals surface area contributed by atoms with Gasteiger partial charge in [0.1, 0.15) is 0 Å². The van der Waals surface area contributed by atoms with Gasteiger partial charge < -0.3 is 5.32 Å². The van der Waals surface area contributed by atoms with Gasteiger partial charge in [0, 0.05) is 6.04 Å². The first-order valence-electron chi connectivity index (χ1n) is 8.99. The molecule has 1 saturated carbocycles. The Morgan fingerprint density at radius 1 is 1.00 bits per heavy atom. The van der Waals surface area contributed by atoms with Crippen molar-refractivity contribution >= 4 is 0 Å². The van der Waals surface area contributed by atoms with Crippen LogP contribution in [0.3, 0.4) is 0 Å². The van der Waals surface area contributed by atoms with Gasteiger partial charge in [0.05, 0.1) is 0 Å². The van der Waals surface area contributed by atoms with Crippen molar-refractivity contribution in [2.75, 3.05) is 6.54 Å². The molecule has 1 aromatic carbocycles. The van der Waals surface area contributed by atoms with E-state index in [2.05, 4.69) is 44.3 Å². The first-order valence-corrected chi connectivity index (χ1v) is 8.99. The molecule has 0 amide bonds. The molecular formula is C20H33N. The standard InChI is InChI=1S/C20H33N/c1-4-11-21-20(19-9-7-5-6-8-10-19)15-18-13-16(2)12-17(3)14-18/h12-14,19-21H,4-11,15H2,1-3H3. The molecule has 1 N–H and O–H groups in total. The summed E-state index contributed by atoms with van der Waals surface area (Å²) in [5.74, 6) is 0.875. The van der Waals surface area contributed by atoms with Crippen LogP contribution in [0.25, 0.3) is 0 Å². The molecule has 1 heteroatoms. The first-order chi connectivity index (χ1) is 10.2. The normalized spacial score (nSPS) is 18.4. The summed E-state index contributed by atoms with van der Waals surface area (Å²) in [6.45, 7) is 7.87. The number of benzene rings is 1. The Balaban J connectivity index is 2.06. The molecule has 0 spiro atoms. The van der Waals surface area contributed by atoms with E-state index in [0.717, 1.165) is 12.5 Å². The molecular weight excluding hydrogens is 254 g/mol. The second kappa shape index (κ2) is 8.58. The van der Waals surface area contributed by atoms with Gasteiger partial charge in [0.25, 0.3) is 0 Å². The molecule has 0 saturated heterocycles. The number of hydrogen-bond donors (Lipinski definition) is 1. The molecule has 1 aliphatic rings. The minimum atomic E-state index is 0.671. The van der Waals surface area contributed by atoms with Crippen molar-refractivity contribution < 1.29 is 0 Å². The van der Waals surface area contributed by atoms with E-state index in [4.69, 9.17) is 0 Å². The smallest absolute Gasteiger partial charge is 0.0136 e. The summed E-state index contributed by atoms with van der Waals surface area (Å²) in [7, 11) is 0. The molecule has 0 bridgehead atoms. The van der Waals surface area contributed by atoms with Crippen molar-refractivity contribution in [3.63, 3.8) is 0 Å². The third kappa shape index (κ3) is 5.47. The van der Waals surface area contributed by atoms with Gasteiger partial charge >= 0.3 is 0 Å². The predicted octanol–water partition coefficient (Wildman–Crippen LogP) is 5.18. The van der Waals surface area contributed by atoms with Crippen molar-refractivity contribution in [1.29, 1.82) is 0 Å². The van der Waals surface area contributed by atoms with E-state index in [0.29, 0.717) is 6.04 Å². The van der Waals surface area contributed by atoms with Crippen molar-refractivity contribution in [1.82, 2.24) is 5.32 Å². The van der Waals surface area contributed by atoms with Crippen LogP contribution in [-0.2, 0) is 6.42 Å². The summed E-state index contributed by atoms with van der Waals surface area (Å²) in [6, 6.07) is 7.71. The lowest BCUT2D eigenvalue weighted by Gasteiger charge is -2.28. The zero-order valence-corrected chi connectivity index (χ0v) is 14.3. The highest BCUT2D eigenvalue weighted by molar-refractivity contribution is 5.29. The second-order valence-corrected chi connectivity index (χ2v) is 7.01. The van der Waals surface area contributed by atoms with Gasteiger partial charge in [-0.05, 0) is 57.6 Å². The zero-order valence-electron chi connectivity index (χ0n) is 14.3. The SMILES string of the molecule is CCCNC(Cc1cc(C)cc(C)c1)C1CCCCCC1. The minimum absolute atomic E-state index is 0.671. The van der Waals surface area contributed by atoms with Gasteiger partial charge in [0.15, 0.2) is 0 Å². The fourth-order valence-electron chi connectivity index (χ4n) is 3.89. The lowest BCUT2D eigenvalue weighted by Crippen LogP contribution is -2.38. The summed E-state index contributed by atoms with van der Waals surface area (Å²) in [5.41, 5.74) is 4.32. The highest BCUT2D eigenvalue weighted by atomic mass is 14.9. The zero-order chi connectivity index (χ0) is 15.1. The van der Waals surface area contributed by atoms with Crippen molar-refractivity contribution in [3.05, 3.63) is 34.9 Å². The molecule has 1 nitrogen and oxygen atoms in total. The van der Waals surface area contributed by atoms with E-state index in [1.807, 2.05) is 0 Å². The Kier molecular flexibility index (Phi) is 6.76. The van der Waals surface area contributed by atoms with Gasteiger partial charge in [-0.25, -0.2) is 0 Å². The molecule has 1 unspecified atom stereocenters. The van der Waals surface area contributed by atoms with Crippen molar-refractivity contribution in [2.24, 2.45) is 5.92 Å². The van der Waals surface area contributed by atoms with Crippen LogP contribution in [0.15, 0.2) is 18.2 Å². The Labute approximate surface area is 131 Å².